The van der Waals surface area contributed by atoms with Gasteiger partial charge in [-0.15, -0.1) is 0 Å². The topological polar surface area (TPSA) is 21.7 Å². The second-order valence-electron chi connectivity index (χ2n) is 6.94. The van der Waals surface area contributed by atoms with Crippen LogP contribution in [0.3, 0.4) is 0 Å². The summed E-state index contributed by atoms with van der Waals surface area (Å²) in [5, 5.41) is 0. The van der Waals surface area contributed by atoms with E-state index < -0.39 is 0 Å². The van der Waals surface area contributed by atoms with E-state index in [9.17, 15) is 0 Å². The third kappa shape index (κ3) is 3.95. The summed E-state index contributed by atoms with van der Waals surface area (Å²) in [6, 6.07) is 4.96. The normalized spacial score (nSPS) is 20.5. The first-order valence-corrected chi connectivity index (χ1v) is 8.55. The van der Waals surface area contributed by atoms with Gasteiger partial charge in [-0.05, 0) is 55.0 Å². The zero-order valence-corrected chi connectivity index (χ0v) is 14.8. The van der Waals surface area contributed by atoms with Crippen molar-refractivity contribution < 1.29 is 9.47 Å². The van der Waals surface area contributed by atoms with Gasteiger partial charge >= 0.3 is 0 Å². The van der Waals surface area contributed by atoms with Crippen molar-refractivity contribution in [3.8, 4) is 11.5 Å². The lowest BCUT2D eigenvalue weighted by atomic mass is 9.86. The lowest BCUT2D eigenvalue weighted by Gasteiger charge is -2.40. The fourth-order valence-corrected chi connectivity index (χ4v) is 3.34. The Bertz CT molecular complexity index is 482. The van der Waals surface area contributed by atoms with E-state index in [1.165, 1.54) is 43.5 Å². The molecule has 1 atom stereocenters. The van der Waals surface area contributed by atoms with Crippen LogP contribution in [0.15, 0.2) is 12.1 Å². The van der Waals surface area contributed by atoms with Crippen LogP contribution in [-0.2, 0) is 6.42 Å². The average Bonchev–Trinajstić information content (AvgIpc) is 2.52. The van der Waals surface area contributed by atoms with Crippen molar-refractivity contribution in [1.29, 1.82) is 0 Å². The van der Waals surface area contributed by atoms with Crippen LogP contribution in [0.5, 0.6) is 11.5 Å². The monoisotopic (exact) mass is 305 g/mol. The number of rotatable bonds is 2. The van der Waals surface area contributed by atoms with Gasteiger partial charge in [-0.25, -0.2) is 0 Å². The Labute approximate surface area is 135 Å². The Kier molecular flexibility index (Phi) is 6.13. The number of hydrogen-bond acceptors (Lipinski definition) is 3. The van der Waals surface area contributed by atoms with Crippen molar-refractivity contribution in [2.24, 2.45) is 5.92 Å². The number of benzene rings is 1. The van der Waals surface area contributed by atoms with Gasteiger partial charge < -0.3 is 9.47 Å². The van der Waals surface area contributed by atoms with E-state index in [2.05, 4.69) is 37.8 Å². The number of hydrogen-bond donors (Lipinski definition) is 0. The molecule has 3 rings (SSSR count). The minimum Gasteiger partial charge on any atom is -0.493 e. The van der Waals surface area contributed by atoms with Crippen LogP contribution in [-0.4, -0.2) is 32.2 Å². The molecule has 1 saturated heterocycles. The van der Waals surface area contributed by atoms with E-state index in [-0.39, 0.29) is 0 Å². The summed E-state index contributed by atoms with van der Waals surface area (Å²) < 4.78 is 10.8. The fraction of sp³-hybridized carbons (Fsp3) is 0.684. The molecule has 0 saturated carbocycles. The van der Waals surface area contributed by atoms with Gasteiger partial charge in [0, 0.05) is 12.6 Å². The quantitative estimate of drug-likeness (QED) is 0.806. The molecule has 0 N–H and O–H groups in total. The highest BCUT2D eigenvalue weighted by molar-refractivity contribution is 5.49. The molecule has 124 valence electrons. The minimum atomic E-state index is 0.599. The molecule has 3 heteroatoms. The van der Waals surface area contributed by atoms with Gasteiger partial charge in [-0.3, -0.25) is 4.90 Å². The summed E-state index contributed by atoms with van der Waals surface area (Å²) in [7, 11) is 3.42. The molecular formula is C19H31NO2. The molecule has 0 aromatic heterocycles. The highest BCUT2D eigenvalue weighted by atomic mass is 16.5. The van der Waals surface area contributed by atoms with Crippen molar-refractivity contribution in [3.63, 3.8) is 0 Å². The molecule has 0 radical (unpaired) electrons. The highest BCUT2D eigenvalue weighted by Crippen LogP contribution is 2.41. The van der Waals surface area contributed by atoms with Crippen LogP contribution >= 0.6 is 0 Å². The van der Waals surface area contributed by atoms with Crippen molar-refractivity contribution in [1.82, 2.24) is 4.90 Å². The second-order valence-corrected chi connectivity index (χ2v) is 6.94. The SMILES string of the molecule is CC(C)C.COc1cc2c(cc1OC)C1CCCCN1CC2. The van der Waals surface area contributed by atoms with E-state index in [4.69, 9.17) is 9.47 Å². The maximum Gasteiger partial charge on any atom is 0.161 e. The maximum atomic E-state index is 5.44. The molecule has 0 spiro atoms. The van der Waals surface area contributed by atoms with Crippen molar-refractivity contribution in [2.45, 2.75) is 52.5 Å². The molecule has 0 aliphatic carbocycles. The molecule has 3 nitrogen and oxygen atoms in total. The number of methoxy groups -OCH3 is 2. The molecule has 2 aliphatic rings. The molecule has 0 bridgehead atoms. The van der Waals surface area contributed by atoms with Crippen LogP contribution in [0.2, 0.25) is 0 Å². The van der Waals surface area contributed by atoms with Gasteiger partial charge in [-0.1, -0.05) is 27.2 Å². The molecular weight excluding hydrogens is 274 g/mol. The van der Waals surface area contributed by atoms with E-state index in [1.807, 2.05) is 0 Å². The lowest BCUT2D eigenvalue weighted by molar-refractivity contribution is 0.138. The summed E-state index contributed by atoms with van der Waals surface area (Å²) in [4.78, 5) is 2.62. The third-order valence-electron chi connectivity index (χ3n) is 4.29. The van der Waals surface area contributed by atoms with Crippen LogP contribution in [0.1, 0.15) is 57.2 Å². The van der Waals surface area contributed by atoms with Gasteiger partial charge in [-0.2, -0.15) is 0 Å². The second kappa shape index (κ2) is 7.87. The number of ether oxygens (including phenoxy) is 2. The van der Waals surface area contributed by atoms with Crippen molar-refractivity contribution in [3.05, 3.63) is 23.3 Å². The maximum absolute atomic E-state index is 5.44. The standard InChI is InChI=1S/C15H21NO2.C4H10/c1-17-14-9-11-6-8-16-7-4-3-5-13(16)12(11)10-15(14)18-2;1-4(2)3/h9-10,13H,3-8H2,1-2H3;4H,1-3H3. The molecule has 1 aromatic rings. The Hall–Kier alpha value is -1.22. The largest absolute Gasteiger partial charge is 0.493 e. The zero-order chi connectivity index (χ0) is 16.1. The Morgan fingerprint density at radius 2 is 1.64 bits per heavy atom. The number of piperidine rings is 1. The van der Waals surface area contributed by atoms with Crippen molar-refractivity contribution >= 4 is 0 Å². The minimum absolute atomic E-state index is 0.599. The van der Waals surface area contributed by atoms with Gasteiger partial charge in [0.15, 0.2) is 11.5 Å². The van der Waals surface area contributed by atoms with E-state index in [0.717, 1.165) is 23.8 Å². The summed E-state index contributed by atoms with van der Waals surface area (Å²) in [5.74, 6) is 2.56. The summed E-state index contributed by atoms with van der Waals surface area (Å²) in [6.07, 6.45) is 5.10. The Morgan fingerprint density at radius 1 is 1.00 bits per heavy atom. The summed E-state index contributed by atoms with van der Waals surface area (Å²) in [5.41, 5.74) is 2.90. The van der Waals surface area contributed by atoms with Gasteiger partial charge in [0.05, 0.1) is 14.2 Å². The van der Waals surface area contributed by atoms with E-state index >= 15 is 0 Å². The molecule has 1 unspecified atom stereocenters. The first kappa shape index (κ1) is 17.1. The first-order valence-electron chi connectivity index (χ1n) is 8.55. The predicted molar refractivity (Wildman–Crippen MR) is 91.9 cm³/mol. The predicted octanol–water partition coefficient (Wildman–Crippen LogP) is 4.45. The van der Waals surface area contributed by atoms with Crippen LogP contribution in [0, 0.1) is 5.92 Å². The Balaban J connectivity index is 0.000000396. The smallest absolute Gasteiger partial charge is 0.161 e. The summed E-state index contributed by atoms with van der Waals surface area (Å²) in [6.45, 7) is 8.94. The van der Waals surface area contributed by atoms with E-state index in [1.54, 1.807) is 14.2 Å². The molecule has 22 heavy (non-hydrogen) atoms. The van der Waals surface area contributed by atoms with E-state index in [0.29, 0.717) is 6.04 Å². The number of fused-ring (bicyclic) bond motifs is 3. The molecule has 2 aliphatic heterocycles. The van der Waals surface area contributed by atoms with Crippen LogP contribution in [0.4, 0.5) is 0 Å². The molecule has 1 fully saturated rings. The molecule has 1 aromatic carbocycles. The fourth-order valence-electron chi connectivity index (χ4n) is 3.34. The van der Waals surface area contributed by atoms with Crippen LogP contribution < -0.4 is 9.47 Å². The summed E-state index contributed by atoms with van der Waals surface area (Å²) >= 11 is 0. The zero-order valence-electron chi connectivity index (χ0n) is 14.8. The Morgan fingerprint density at radius 3 is 2.27 bits per heavy atom. The van der Waals surface area contributed by atoms with Gasteiger partial charge in [0.2, 0.25) is 0 Å². The molecule has 2 heterocycles. The lowest BCUT2D eigenvalue weighted by Crippen LogP contribution is -2.38. The van der Waals surface area contributed by atoms with Crippen molar-refractivity contribution in [2.75, 3.05) is 27.3 Å². The third-order valence-corrected chi connectivity index (χ3v) is 4.29. The molecule has 0 amide bonds. The number of nitrogens with zero attached hydrogens (tertiary/aromatic N) is 1. The van der Waals surface area contributed by atoms with Gasteiger partial charge in [0.1, 0.15) is 0 Å². The average molecular weight is 305 g/mol. The van der Waals surface area contributed by atoms with Crippen LogP contribution in [0.25, 0.3) is 0 Å². The van der Waals surface area contributed by atoms with Gasteiger partial charge in [0.25, 0.3) is 0 Å². The first-order chi connectivity index (χ1) is 10.6. The highest BCUT2D eigenvalue weighted by Gasteiger charge is 2.30.